The third-order valence-corrected chi connectivity index (χ3v) is 7.09. The van der Waals surface area contributed by atoms with Crippen molar-refractivity contribution in [2.75, 3.05) is 49.1 Å². The lowest BCUT2D eigenvalue weighted by Gasteiger charge is -2.43. The highest BCUT2D eigenvalue weighted by atomic mass is 35.5. The molecule has 2 aromatic heterocycles. The zero-order valence-electron chi connectivity index (χ0n) is 18.6. The Labute approximate surface area is 202 Å². The first-order valence-electron chi connectivity index (χ1n) is 11.0. The fourth-order valence-corrected chi connectivity index (χ4v) is 4.89. The van der Waals surface area contributed by atoms with Crippen molar-refractivity contribution in [2.45, 2.75) is 13.8 Å². The summed E-state index contributed by atoms with van der Waals surface area (Å²) in [6, 6.07) is 9.59. The van der Waals surface area contributed by atoms with Crippen LogP contribution in [0.1, 0.15) is 11.4 Å². The molecular formula is C23H25Cl2N7O. The Morgan fingerprint density at radius 1 is 0.970 bits per heavy atom. The van der Waals surface area contributed by atoms with Gasteiger partial charge in [0.2, 0.25) is 5.91 Å². The number of aryl methyl sites for hydroxylation is 2. The molecule has 2 aliphatic heterocycles. The highest BCUT2D eigenvalue weighted by Gasteiger charge is 2.37. The van der Waals surface area contributed by atoms with E-state index >= 15 is 0 Å². The summed E-state index contributed by atoms with van der Waals surface area (Å²) in [6.45, 7) is 8.10. The molecule has 1 amide bonds. The minimum absolute atomic E-state index is 0.0154. The van der Waals surface area contributed by atoms with Gasteiger partial charge in [-0.05, 0) is 32.0 Å². The van der Waals surface area contributed by atoms with Crippen molar-refractivity contribution in [1.29, 1.82) is 0 Å². The molecule has 0 radical (unpaired) electrons. The molecule has 172 valence electrons. The monoisotopic (exact) mass is 485 g/mol. The van der Waals surface area contributed by atoms with Gasteiger partial charge in [-0.3, -0.25) is 4.79 Å². The third kappa shape index (κ3) is 4.25. The lowest BCUT2D eigenvalue weighted by atomic mass is 9.98. The van der Waals surface area contributed by atoms with Crippen LogP contribution in [0.25, 0.3) is 5.82 Å². The molecule has 10 heteroatoms. The van der Waals surface area contributed by atoms with E-state index in [2.05, 4.69) is 24.9 Å². The number of halogens is 2. The van der Waals surface area contributed by atoms with Crippen molar-refractivity contribution < 1.29 is 4.79 Å². The molecule has 33 heavy (non-hydrogen) atoms. The van der Waals surface area contributed by atoms with Crippen molar-refractivity contribution >= 4 is 40.6 Å². The number of nitrogens with zero attached hydrogens (tertiary/aromatic N) is 7. The summed E-state index contributed by atoms with van der Waals surface area (Å²) in [6.07, 6.45) is 1.55. The van der Waals surface area contributed by atoms with Crippen LogP contribution in [0.4, 0.5) is 11.5 Å². The van der Waals surface area contributed by atoms with Gasteiger partial charge in [0.1, 0.15) is 12.1 Å². The van der Waals surface area contributed by atoms with Crippen molar-refractivity contribution in [3.8, 4) is 5.82 Å². The molecule has 0 unspecified atom stereocenters. The maximum atomic E-state index is 13.0. The minimum atomic E-state index is -0.0154. The van der Waals surface area contributed by atoms with Crippen LogP contribution < -0.4 is 9.80 Å². The summed E-state index contributed by atoms with van der Waals surface area (Å²) >= 11 is 12.5. The van der Waals surface area contributed by atoms with E-state index in [1.807, 2.05) is 47.7 Å². The minimum Gasteiger partial charge on any atom is -0.367 e. The van der Waals surface area contributed by atoms with Crippen LogP contribution in [0.15, 0.2) is 36.7 Å². The first-order chi connectivity index (χ1) is 15.9. The fourth-order valence-electron chi connectivity index (χ4n) is 4.47. The van der Waals surface area contributed by atoms with E-state index in [4.69, 9.17) is 23.2 Å². The van der Waals surface area contributed by atoms with Crippen LogP contribution >= 0.6 is 23.2 Å². The van der Waals surface area contributed by atoms with Crippen molar-refractivity contribution in [2.24, 2.45) is 5.92 Å². The van der Waals surface area contributed by atoms with E-state index in [1.54, 1.807) is 12.4 Å². The molecule has 0 N–H and O–H groups in total. The van der Waals surface area contributed by atoms with Crippen LogP contribution in [0.5, 0.6) is 0 Å². The Bertz CT molecular complexity index is 1180. The summed E-state index contributed by atoms with van der Waals surface area (Å²) in [4.78, 5) is 28.1. The van der Waals surface area contributed by atoms with Gasteiger partial charge in [-0.1, -0.05) is 29.3 Å². The second kappa shape index (κ2) is 8.83. The van der Waals surface area contributed by atoms with E-state index in [1.165, 1.54) is 0 Å². The number of carbonyl (C=O) groups excluding carboxylic acids is 1. The maximum Gasteiger partial charge on any atom is 0.229 e. The van der Waals surface area contributed by atoms with Gasteiger partial charge in [0.25, 0.3) is 0 Å². The fraction of sp³-hybridized carbons (Fsp3) is 0.391. The molecule has 4 heterocycles. The zero-order chi connectivity index (χ0) is 23.1. The SMILES string of the molecule is Cc1cc(C)n(-c2cc(N3CC(C(=O)N4CCN(c5cccc(Cl)c5Cl)CC4)C3)ncn2)n1. The third-order valence-electron chi connectivity index (χ3n) is 6.28. The molecule has 3 aromatic rings. The molecule has 5 rings (SSSR count). The quantitative estimate of drug-likeness (QED) is 0.564. The van der Waals surface area contributed by atoms with Gasteiger partial charge in [0, 0.05) is 51.0 Å². The first-order valence-corrected chi connectivity index (χ1v) is 11.7. The number of amides is 1. The van der Waals surface area contributed by atoms with Gasteiger partial charge in [0.05, 0.1) is 27.3 Å². The highest BCUT2D eigenvalue weighted by Crippen LogP contribution is 2.33. The lowest BCUT2D eigenvalue weighted by Crippen LogP contribution is -2.58. The molecule has 1 aromatic carbocycles. The van der Waals surface area contributed by atoms with E-state index in [0.29, 0.717) is 36.2 Å². The largest absolute Gasteiger partial charge is 0.367 e. The van der Waals surface area contributed by atoms with Crippen molar-refractivity contribution in [3.63, 3.8) is 0 Å². The van der Waals surface area contributed by atoms with Gasteiger partial charge < -0.3 is 14.7 Å². The molecule has 2 fully saturated rings. The molecule has 0 aliphatic carbocycles. The molecule has 0 bridgehead atoms. The average Bonchev–Trinajstić information content (AvgIpc) is 3.13. The number of hydrogen-bond donors (Lipinski definition) is 0. The molecule has 2 saturated heterocycles. The zero-order valence-corrected chi connectivity index (χ0v) is 20.1. The number of aromatic nitrogens is 4. The van der Waals surface area contributed by atoms with Crippen LogP contribution in [0.3, 0.4) is 0 Å². The van der Waals surface area contributed by atoms with Crippen LogP contribution in [-0.2, 0) is 4.79 Å². The Kier molecular flexibility index (Phi) is 5.88. The summed E-state index contributed by atoms with van der Waals surface area (Å²) in [7, 11) is 0. The Morgan fingerprint density at radius 2 is 1.70 bits per heavy atom. The summed E-state index contributed by atoms with van der Waals surface area (Å²) in [5.41, 5.74) is 2.89. The normalized spacial score (nSPS) is 16.8. The number of piperazine rings is 1. The number of anilines is 2. The molecule has 0 atom stereocenters. The topological polar surface area (TPSA) is 70.4 Å². The predicted molar refractivity (Wildman–Crippen MR) is 130 cm³/mol. The van der Waals surface area contributed by atoms with Crippen LogP contribution in [0.2, 0.25) is 10.0 Å². The highest BCUT2D eigenvalue weighted by molar-refractivity contribution is 6.43. The van der Waals surface area contributed by atoms with E-state index < -0.39 is 0 Å². The van der Waals surface area contributed by atoms with E-state index in [-0.39, 0.29) is 11.8 Å². The summed E-state index contributed by atoms with van der Waals surface area (Å²) < 4.78 is 1.81. The summed E-state index contributed by atoms with van der Waals surface area (Å²) in [5, 5.41) is 5.61. The Hall–Kier alpha value is -2.84. The predicted octanol–water partition coefficient (Wildman–Crippen LogP) is 3.37. The molecular weight excluding hydrogens is 461 g/mol. The maximum absolute atomic E-state index is 13.0. The van der Waals surface area contributed by atoms with Gasteiger partial charge in [-0.15, -0.1) is 0 Å². The summed E-state index contributed by atoms with van der Waals surface area (Å²) in [5.74, 6) is 1.74. The molecule has 8 nitrogen and oxygen atoms in total. The van der Waals surface area contributed by atoms with Gasteiger partial charge in [0.15, 0.2) is 5.82 Å². The van der Waals surface area contributed by atoms with Crippen LogP contribution in [0, 0.1) is 19.8 Å². The van der Waals surface area contributed by atoms with Gasteiger partial charge in [-0.25, -0.2) is 14.6 Å². The smallest absolute Gasteiger partial charge is 0.229 e. The Morgan fingerprint density at radius 3 is 2.39 bits per heavy atom. The number of rotatable bonds is 4. The number of carbonyl (C=O) groups is 1. The lowest BCUT2D eigenvalue weighted by molar-refractivity contribution is -0.136. The van der Waals surface area contributed by atoms with E-state index in [0.717, 1.165) is 41.8 Å². The average molecular weight is 486 g/mol. The van der Waals surface area contributed by atoms with Crippen molar-refractivity contribution in [1.82, 2.24) is 24.6 Å². The molecule has 0 saturated carbocycles. The van der Waals surface area contributed by atoms with Gasteiger partial charge in [-0.2, -0.15) is 5.10 Å². The second-order valence-electron chi connectivity index (χ2n) is 8.56. The molecule has 2 aliphatic rings. The molecule has 0 spiro atoms. The number of hydrogen-bond acceptors (Lipinski definition) is 6. The second-order valence-corrected chi connectivity index (χ2v) is 9.35. The Balaban J connectivity index is 1.18. The first kappa shape index (κ1) is 22.0. The standard InChI is InChI=1S/C23H25Cl2N7O/c1-15-10-16(2)32(28-15)21-11-20(26-14-27-21)31-12-17(13-31)23(33)30-8-6-29(7-9-30)19-5-3-4-18(24)22(19)25/h3-5,10-11,14,17H,6-9,12-13H2,1-2H3. The van der Waals surface area contributed by atoms with Crippen molar-refractivity contribution in [3.05, 3.63) is 58.1 Å². The van der Waals surface area contributed by atoms with Crippen LogP contribution in [-0.4, -0.2) is 69.8 Å². The van der Waals surface area contributed by atoms with E-state index in [9.17, 15) is 4.79 Å². The number of benzene rings is 1. The van der Waals surface area contributed by atoms with Gasteiger partial charge >= 0.3 is 0 Å².